The van der Waals surface area contributed by atoms with Crippen molar-refractivity contribution >= 4 is 5.71 Å². The molecule has 1 aromatic rings. The van der Waals surface area contributed by atoms with Gasteiger partial charge in [-0.1, -0.05) is 17.3 Å². The average molecular weight is 171 g/mol. The third kappa shape index (κ3) is 1.58. The highest BCUT2D eigenvalue weighted by Gasteiger charge is 2.08. The van der Waals surface area contributed by atoms with Crippen molar-refractivity contribution in [3.8, 4) is 0 Å². The molecule has 4 heteroatoms. The maximum atomic E-state index is 12.9. The van der Waals surface area contributed by atoms with Gasteiger partial charge in [-0.3, -0.25) is 0 Å². The summed E-state index contributed by atoms with van der Waals surface area (Å²) in [4.78, 5) is 0. The molecule has 0 saturated heterocycles. The van der Waals surface area contributed by atoms with Gasteiger partial charge in [0, 0.05) is 5.56 Å². The largest absolute Gasteiger partial charge is 0.411 e. The van der Waals surface area contributed by atoms with E-state index in [9.17, 15) is 8.78 Å². The molecule has 0 amide bonds. The van der Waals surface area contributed by atoms with E-state index in [1.54, 1.807) is 6.07 Å². The zero-order chi connectivity index (χ0) is 8.97. The molecule has 1 aromatic carbocycles. The number of nitrogens with zero attached hydrogens (tertiary/aromatic N) is 1. The Hall–Kier alpha value is -1.45. The van der Waals surface area contributed by atoms with Crippen LogP contribution in [-0.4, -0.2) is 17.6 Å². The predicted octanol–water partition coefficient (Wildman–Crippen LogP) is 1.97. The maximum Gasteiger partial charge on any atom is 0.135 e. The highest BCUT2D eigenvalue weighted by atomic mass is 19.1. The van der Waals surface area contributed by atoms with Gasteiger partial charge in [0.1, 0.15) is 18.2 Å². The highest BCUT2D eigenvalue weighted by Crippen LogP contribution is 2.07. The summed E-state index contributed by atoms with van der Waals surface area (Å²) in [5.41, 5.74) is -0.310. The maximum absolute atomic E-state index is 12.9. The number of benzene rings is 1. The monoisotopic (exact) mass is 171 g/mol. The van der Waals surface area contributed by atoms with Crippen molar-refractivity contribution in [2.45, 2.75) is 0 Å². The Morgan fingerprint density at radius 2 is 2.08 bits per heavy atom. The average Bonchev–Trinajstić information content (AvgIpc) is 2.10. The molecule has 64 valence electrons. The van der Waals surface area contributed by atoms with Crippen LogP contribution in [0, 0.1) is 5.82 Å². The second-order valence-electron chi connectivity index (χ2n) is 2.16. The van der Waals surface area contributed by atoms with Crippen LogP contribution in [0.15, 0.2) is 29.4 Å². The van der Waals surface area contributed by atoms with Crippen molar-refractivity contribution in [3.05, 3.63) is 35.6 Å². The molecule has 0 heterocycles. The fourth-order valence-corrected chi connectivity index (χ4v) is 0.848. The number of alkyl halides is 1. The van der Waals surface area contributed by atoms with Crippen LogP contribution in [0.3, 0.4) is 0 Å². The minimum atomic E-state index is -0.989. The summed E-state index contributed by atoms with van der Waals surface area (Å²) >= 11 is 0. The molecular formula is C8H7F2NO. The van der Waals surface area contributed by atoms with Gasteiger partial charge in [0.25, 0.3) is 0 Å². The Morgan fingerprint density at radius 1 is 1.42 bits per heavy atom. The van der Waals surface area contributed by atoms with E-state index in [-0.39, 0.29) is 11.3 Å². The van der Waals surface area contributed by atoms with Gasteiger partial charge < -0.3 is 5.21 Å². The molecule has 0 aliphatic heterocycles. The van der Waals surface area contributed by atoms with E-state index in [2.05, 4.69) is 5.16 Å². The lowest BCUT2D eigenvalue weighted by Gasteiger charge is -1.99. The summed E-state index contributed by atoms with van der Waals surface area (Å²) in [5, 5.41) is 10.9. The molecule has 2 nitrogen and oxygen atoms in total. The van der Waals surface area contributed by atoms with Crippen LogP contribution < -0.4 is 0 Å². The summed E-state index contributed by atoms with van der Waals surface area (Å²) < 4.78 is 24.9. The lowest BCUT2D eigenvalue weighted by atomic mass is 10.1. The van der Waals surface area contributed by atoms with Gasteiger partial charge in [-0.05, 0) is 12.1 Å². The minimum absolute atomic E-state index is 0.0116. The van der Waals surface area contributed by atoms with Crippen LogP contribution in [0.5, 0.6) is 0 Å². The quantitative estimate of drug-likeness (QED) is 0.412. The summed E-state index contributed by atoms with van der Waals surface area (Å²) in [6.45, 7) is -0.989. The molecule has 0 spiro atoms. The predicted molar refractivity (Wildman–Crippen MR) is 40.7 cm³/mol. The Bertz CT molecular complexity index is 299. The topological polar surface area (TPSA) is 32.6 Å². The van der Waals surface area contributed by atoms with E-state index in [1.807, 2.05) is 0 Å². The van der Waals surface area contributed by atoms with Crippen LogP contribution in [-0.2, 0) is 0 Å². The number of oxime groups is 1. The van der Waals surface area contributed by atoms with Gasteiger partial charge in [0.05, 0.1) is 0 Å². The van der Waals surface area contributed by atoms with Crippen LogP contribution >= 0.6 is 0 Å². The Kier molecular flexibility index (Phi) is 2.74. The van der Waals surface area contributed by atoms with Crippen molar-refractivity contribution in [1.82, 2.24) is 0 Å². The minimum Gasteiger partial charge on any atom is -0.411 e. The van der Waals surface area contributed by atoms with E-state index in [1.165, 1.54) is 18.2 Å². The Balaban J connectivity index is 3.10. The van der Waals surface area contributed by atoms with Crippen LogP contribution in [0.2, 0.25) is 0 Å². The molecule has 1 N–H and O–H groups in total. The molecule has 0 saturated carbocycles. The first-order chi connectivity index (χ1) is 5.79. The van der Waals surface area contributed by atoms with Crippen LogP contribution in [0.25, 0.3) is 0 Å². The summed E-state index contributed by atoms with van der Waals surface area (Å²) in [7, 11) is 0. The lowest BCUT2D eigenvalue weighted by Crippen LogP contribution is -2.05. The van der Waals surface area contributed by atoms with Gasteiger partial charge >= 0.3 is 0 Å². The van der Waals surface area contributed by atoms with Gasteiger partial charge in [0.15, 0.2) is 0 Å². The third-order valence-corrected chi connectivity index (χ3v) is 1.43. The number of rotatable bonds is 2. The smallest absolute Gasteiger partial charge is 0.135 e. The van der Waals surface area contributed by atoms with Crippen molar-refractivity contribution in [3.63, 3.8) is 0 Å². The second-order valence-corrected chi connectivity index (χ2v) is 2.16. The molecule has 0 fully saturated rings. The van der Waals surface area contributed by atoms with Crippen molar-refractivity contribution < 1.29 is 14.0 Å². The summed E-state index contributed by atoms with van der Waals surface area (Å²) in [6.07, 6.45) is 0. The molecule has 0 unspecified atom stereocenters. The van der Waals surface area contributed by atoms with Gasteiger partial charge in [0.2, 0.25) is 0 Å². The summed E-state index contributed by atoms with van der Waals surface area (Å²) in [5.74, 6) is -0.594. The van der Waals surface area contributed by atoms with Crippen LogP contribution in [0.1, 0.15) is 5.56 Å². The van der Waals surface area contributed by atoms with E-state index < -0.39 is 12.5 Å². The zero-order valence-electron chi connectivity index (χ0n) is 6.17. The molecule has 0 aliphatic carbocycles. The van der Waals surface area contributed by atoms with Crippen LogP contribution in [0.4, 0.5) is 8.78 Å². The molecule has 12 heavy (non-hydrogen) atoms. The van der Waals surface area contributed by atoms with Crippen molar-refractivity contribution in [2.24, 2.45) is 5.16 Å². The molecule has 0 bridgehead atoms. The van der Waals surface area contributed by atoms with Crippen molar-refractivity contribution in [1.29, 1.82) is 0 Å². The Labute approximate surface area is 68.1 Å². The molecule has 1 rings (SSSR count). The summed E-state index contributed by atoms with van der Waals surface area (Å²) in [6, 6.07) is 5.55. The van der Waals surface area contributed by atoms with Crippen molar-refractivity contribution in [2.75, 3.05) is 6.67 Å². The van der Waals surface area contributed by atoms with Gasteiger partial charge in [-0.25, -0.2) is 8.78 Å². The molecule has 0 atom stereocenters. The number of hydrogen-bond donors (Lipinski definition) is 1. The second kappa shape index (κ2) is 3.80. The van der Waals surface area contributed by atoms with E-state index >= 15 is 0 Å². The third-order valence-electron chi connectivity index (χ3n) is 1.43. The van der Waals surface area contributed by atoms with Gasteiger partial charge in [-0.2, -0.15) is 0 Å². The molecule has 0 radical (unpaired) electrons. The molecule has 0 aliphatic rings. The van der Waals surface area contributed by atoms with E-state index in [4.69, 9.17) is 5.21 Å². The Morgan fingerprint density at radius 3 is 2.58 bits per heavy atom. The number of hydrogen-bond acceptors (Lipinski definition) is 2. The SMILES string of the molecule is O/N=C(/CF)c1ccccc1F. The normalized spacial score (nSPS) is 11.7. The first-order valence-corrected chi connectivity index (χ1v) is 3.31. The fraction of sp³-hybridized carbons (Fsp3) is 0.125. The standard InChI is InChI=1S/C8H7F2NO/c9-5-8(11-12)6-3-1-2-4-7(6)10/h1-4,12H,5H2/b11-8-. The molecular weight excluding hydrogens is 164 g/mol. The molecule has 0 aromatic heterocycles. The first kappa shape index (κ1) is 8.64. The lowest BCUT2D eigenvalue weighted by molar-refractivity contribution is 0.316. The first-order valence-electron chi connectivity index (χ1n) is 3.31. The number of halogens is 2. The van der Waals surface area contributed by atoms with E-state index in [0.29, 0.717) is 0 Å². The highest BCUT2D eigenvalue weighted by molar-refractivity contribution is 6.01. The fourth-order valence-electron chi connectivity index (χ4n) is 0.848. The zero-order valence-corrected chi connectivity index (χ0v) is 6.17. The van der Waals surface area contributed by atoms with E-state index in [0.717, 1.165) is 0 Å². The van der Waals surface area contributed by atoms with Gasteiger partial charge in [-0.15, -0.1) is 0 Å².